The standard InChI is InChI=1S/C14H17N3O2/c15-7-9-19-10-8-16-14(18)13-6-5-11-3-1-2-4-12(11)17-13/h1-6H,7-10,15H2,(H,16,18). The van der Waals surface area contributed by atoms with Crippen molar-refractivity contribution < 1.29 is 9.53 Å². The molecule has 0 radical (unpaired) electrons. The fourth-order valence-corrected chi connectivity index (χ4v) is 1.71. The molecule has 1 heterocycles. The lowest BCUT2D eigenvalue weighted by Gasteiger charge is -2.06. The van der Waals surface area contributed by atoms with Crippen LogP contribution in [0, 0.1) is 0 Å². The molecule has 0 aliphatic heterocycles. The number of para-hydroxylation sites is 1. The smallest absolute Gasteiger partial charge is 0.269 e. The Morgan fingerprint density at radius 2 is 2.05 bits per heavy atom. The highest BCUT2D eigenvalue weighted by Gasteiger charge is 2.06. The third kappa shape index (κ3) is 3.74. The van der Waals surface area contributed by atoms with Gasteiger partial charge in [0, 0.05) is 18.5 Å². The second-order valence-electron chi connectivity index (χ2n) is 4.05. The van der Waals surface area contributed by atoms with E-state index in [1.807, 2.05) is 30.3 Å². The van der Waals surface area contributed by atoms with E-state index in [0.717, 1.165) is 10.9 Å². The number of nitrogens with one attached hydrogen (secondary N) is 1. The molecule has 19 heavy (non-hydrogen) atoms. The molecule has 0 aliphatic carbocycles. The maximum absolute atomic E-state index is 11.9. The van der Waals surface area contributed by atoms with Crippen LogP contribution in [0.2, 0.25) is 0 Å². The van der Waals surface area contributed by atoms with Gasteiger partial charge in [-0.25, -0.2) is 4.98 Å². The number of rotatable bonds is 6. The van der Waals surface area contributed by atoms with Gasteiger partial charge in [0.2, 0.25) is 0 Å². The quantitative estimate of drug-likeness (QED) is 0.757. The Hall–Kier alpha value is -1.98. The van der Waals surface area contributed by atoms with Crippen LogP contribution in [0.5, 0.6) is 0 Å². The molecule has 1 aromatic carbocycles. The monoisotopic (exact) mass is 259 g/mol. The fourth-order valence-electron chi connectivity index (χ4n) is 1.71. The van der Waals surface area contributed by atoms with Crippen LogP contribution in [0.1, 0.15) is 10.5 Å². The lowest BCUT2D eigenvalue weighted by molar-refractivity contribution is 0.0915. The lowest BCUT2D eigenvalue weighted by Crippen LogP contribution is -2.28. The first-order chi connectivity index (χ1) is 9.31. The summed E-state index contributed by atoms with van der Waals surface area (Å²) in [4.78, 5) is 16.2. The fraction of sp³-hybridized carbons (Fsp3) is 0.286. The molecule has 5 nitrogen and oxygen atoms in total. The van der Waals surface area contributed by atoms with Gasteiger partial charge in [-0.15, -0.1) is 0 Å². The van der Waals surface area contributed by atoms with Gasteiger partial charge in [0.15, 0.2) is 0 Å². The van der Waals surface area contributed by atoms with E-state index in [4.69, 9.17) is 10.5 Å². The molecule has 2 rings (SSSR count). The van der Waals surface area contributed by atoms with Crippen LogP contribution in [0.25, 0.3) is 10.9 Å². The number of carbonyl (C=O) groups excluding carboxylic acids is 1. The average molecular weight is 259 g/mol. The minimum absolute atomic E-state index is 0.192. The molecule has 1 aromatic heterocycles. The zero-order chi connectivity index (χ0) is 13.5. The van der Waals surface area contributed by atoms with Crippen molar-refractivity contribution in [3.63, 3.8) is 0 Å². The highest BCUT2D eigenvalue weighted by molar-refractivity contribution is 5.94. The Morgan fingerprint density at radius 3 is 2.89 bits per heavy atom. The number of aromatic nitrogens is 1. The Morgan fingerprint density at radius 1 is 1.21 bits per heavy atom. The van der Waals surface area contributed by atoms with Crippen LogP contribution >= 0.6 is 0 Å². The van der Waals surface area contributed by atoms with Crippen molar-refractivity contribution >= 4 is 16.8 Å². The summed E-state index contributed by atoms with van der Waals surface area (Å²) in [6, 6.07) is 11.3. The molecular weight excluding hydrogens is 242 g/mol. The molecule has 100 valence electrons. The molecule has 0 atom stereocenters. The molecule has 5 heteroatoms. The van der Waals surface area contributed by atoms with E-state index >= 15 is 0 Å². The highest BCUT2D eigenvalue weighted by Crippen LogP contribution is 2.11. The summed E-state index contributed by atoms with van der Waals surface area (Å²) in [5, 5.41) is 3.77. The van der Waals surface area contributed by atoms with E-state index < -0.39 is 0 Å². The molecule has 1 amide bonds. The number of amides is 1. The van der Waals surface area contributed by atoms with Gasteiger partial charge < -0.3 is 15.8 Å². The second kappa shape index (κ2) is 6.82. The van der Waals surface area contributed by atoms with E-state index in [9.17, 15) is 4.79 Å². The number of hydrogen-bond acceptors (Lipinski definition) is 4. The van der Waals surface area contributed by atoms with Gasteiger partial charge >= 0.3 is 0 Å². The summed E-state index contributed by atoms with van der Waals surface area (Å²) in [7, 11) is 0. The summed E-state index contributed by atoms with van der Waals surface area (Å²) < 4.78 is 5.18. The average Bonchev–Trinajstić information content (AvgIpc) is 2.46. The number of nitrogens with two attached hydrogens (primary N) is 1. The Bertz CT molecular complexity index is 557. The zero-order valence-corrected chi connectivity index (χ0v) is 10.6. The number of fused-ring (bicyclic) bond motifs is 1. The first-order valence-electron chi connectivity index (χ1n) is 6.23. The molecule has 0 bridgehead atoms. The van der Waals surface area contributed by atoms with E-state index in [0.29, 0.717) is 32.0 Å². The number of benzene rings is 1. The summed E-state index contributed by atoms with van der Waals surface area (Å²) in [6.07, 6.45) is 0. The van der Waals surface area contributed by atoms with Gasteiger partial charge in [0.1, 0.15) is 5.69 Å². The van der Waals surface area contributed by atoms with E-state index in [1.165, 1.54) is 0 Å². The van der Waals surface area contributed by atoms with Crippen molar-refractivity contribution in [1.29, 1.82) is 0 Å². The maximum atomic E-state index is 11.9. The van der Waals surface area contributed by atoms with Gasteiger partial charge in [-0.2, -0.15) is 0 Å². The first kappa shape index (κ1) is 13.5. The predicted molar refractivity (Wildman–Crippen MR) is 73.9 cm³/mol. The number of carbonyl (C=O) groups is 1. The third-order valence-electron chi connectivity index (χ3n) is 2.63. The van der Waals surface area contributed by atoms with E-state index in [2.05, 4.69) is 10.3 Å². The van der Waals surface area contributed by atoms with Gasteiger partial charge in [-0.3, -0.25) is 4.79 Å². The molecular formula is C14H17N3O2. The normalized spacial score (nSPS) is 10.6. The minimum atomic E-state index is -0.192. The van der Waals surface area contributed by atoms with Crippen molar-refractivity contribution in [3.05, 3.63) is 42.1 Å². The van der Waals surface area contributed by atoms with Crippen molar-refractivity contribution in [3.8, 4) is 0 Å². The molecule has 3 N–H and O–H groups in total. The van der Waals surface area contributed by atoms with Gasteiger partial charge in [-0.1, -0.05) is 24.3 Å². The van der Waals surface area contributed by atoms with Gasteiger partial charge in [-0.05, 0) is 12.1 Å². The SMILES string of the molecule is NCCOCCNC(=O)c1ccc2ccccc2n1. The van der Waals surface area contributed by atoms with Crippen LogP contribution in [0.4, 0.5) is 0 Å². The largest absolute Gasteiger partial charge is 0.378 e. The van der Waals surface area contributed by atoms with Crippen LogP contribution in [0.3, 0.4) is 0 Å². The lowest BCUT2D eigenvalue weighted by atomic mass is 10.2. The third-order valence-corrected chi connectivity index (χ3v) is 2.63. The summed E-state index contributed by atoms with van der Waals surface area (Å²) in [5.74, 6) is -0.192. The van der Waals surface area contributed by atoms with Gasteiger partial charge in [0.25, 0.3) is 5.91 Å². The Balaban J connectivity index is 1.93. The Labute approximate surface area is 111 Å². The second-order valence-corrected chi connectivity index (χ2v) is 4.05. The number of ether oxygens (including phenoxy) is 1. The number of nitrogens with zero attached hydrogens (tertiary/aromatic N) is 1. The molecule has 0 spiro atoms. The van der Waals surface area contributed by atoms with Gasteiger partial charge in [0.05, 0.1) is 18.7 Å². The number of pyridine rings is 1. The van der Waals surface area contributed by atoms with Crippen molar-refractivity contribution in [2.45, 2.75) is 0 Å². The number of hydrogen-bond donors (Lipinski definition) is 2. The summed E-state index contributed by atoms with van der Waals surface area (Å²) >= 11 is 0. The van der Waals surface area contributed by atoms with E-state index in [-0.39, 0.29) is 5.91 Å². The zero-order valence-electron chi connectivity index (χ0n) is 10.6. The van der Waals surface area contributed by atoms with Crippen LogP contribution < -0.4 is 11.1 Å². The maximum Gasteiger partial charge on any atom is 0.269 e. The summed E-state index contributed by atoms with van der Waals surface area (Å²) in [6.45, 7) is 1.90. The molecule has 0 saturated carbocycles. The molecule has 0 unspecified atom stereocenters. The van der Waals surface area contributed by atoms with Crippen molar-refractivity contribution in [1.82, 2.24) is 10.3 Å². The summed E-state index contributed by atoms with van der Waals surface area (Å²) in [5.41, 5.74) is 6.52. The first-order valence-corrected chi connectivity index (χ1v) is 6.23. The predicted octanol–water partition coefficient (Wildman–Crippen LogP) is 0.940. The van der Waals surface area contributed by atoms with E-state index in [1.54, 1.807) is 6.07 Å². The van der Waals surface area contributed by atoms with Crippen molar-refractivity contribution in [2.75, 3.05) is 26.3 Å². The topological polar surface area (TPSA) is 77.2 Å². The molecule has 2 aromatic rings. The molecule has 0 aliphatic rings. The Kier molecular flexibility index (Phi) is 4.83. The molecule has 0 saturated heterocycles. The minimum Gasteiger partial charge on any atom is -0.378 e. The van der Waals surface area contributed by atoms with Crippen LogP contribution in [-0.4, -0.2) is 37.2 Å². The molecule has 0 fully saturated rings. The van der Waals surface area contributed by atoms with Crippen LogP contribution in [-0.2, 0) is 4.74 Å². The van der Waals surface area contributed by atoms with Crippen molar-refractivity contribution in [2.24, 2.45) is 5.73 Å². The highest BCUT2D eigenvalue weighted by atomic mass is 16.5. The van der Waals surface area contributed by atoms with Crippen LogP contribution in [0.15, 0.2) is 36.4 Å².